The van der Waals surface area contributed by atoms with Crippen molar-refractivity contribution in [3.05, 3.63) is 10.6 Å². The minimum absolute atomic E-state index is 0.00731. The third-order valence-corrected chi connectivity index (χ3v) is 3.88. The fourth-order valence-electron chi connectivity index (χ4n) is 1.41. The van der Waals surface area contributed by atoms with Crippen LogP contribution in [0, 0.1) is 12.8 Å². The van der Waals surface area contributed by atoms with Gasteiger partial charge in [0.15, 0.2) is 5.13 Å². The summed E-state index contributed by atoms with van der Waals surface area (Å²) in [6, 6.07) is 0.204. The van der Waals surface area contributed by atoms with Crippen molar-refractivity contribution in [1.29, 1.82) is 0 Å². The molecule has 0 aliphatic rings. The van der Waals surface area contributed by atoms with E-state index in [0.717, 1.165) is 5.69 Å². The third kappa shape index (κ3) is 2.52. The monoisotopic (exact) mass is 241 g/mol. The van der Waals surface area contributed by atoms with Crippen molar-refractivity contribution in [2.45, 2.75) is 33.7 Å². The van der Waals surface area contributed by atoms with Gasteiger partial charge in [-0.3, -0.25) is 4.79 Å². The second-order valence-corrected chi connectivity index (χ2v) is 5.40. The number of hydrogen-bond donors (Lipinski definition) is 1. The molecular weight excluding hydrogens is 222 g/mol. The van der Waals surface area contributed by atoms with E-state index in [0.29, 0.717) is 15.9 Å². The lowest BCUT2D eigenvalue weighted by atomic mass is 10.1. The Hall–Kier alpha value is -1.10. The molecule has 1 unspecified atom stereocenters. The van der Waals surface area contributed by atoms with Crippen LogP contribution in [-0.4, -0.2) is 28.9 Å². The summed E-state index contributed by atoms with van der Waals surface area (Å²) in [6.07, 6.45) is 0. The molecule has 1 heterocycles. The van der Waals surface area contributed by atoms with Gasteiger partial charge in [0.05, 0.1) is 5.69 Å². The first-order valence-corrected chi connectivity index (χ1v) is 6.16. The number of amides is 1. The molecule has 1 rings (SSSR count). The fourth-order valence-corrected chi connectivity index (χ4v) is 2.22. The van der Waals surface area contributed by atoms with Crippen molar-refractivity contribution in [3.63, 3.8) is 0 Å². The van der Waals surface area contributed by atoms with E-state index in [9.17, 15) is 4.79 Å². The smallest absolute Gasteiger partial charge is 0.265 e. The number of hydrogen-bond acceptors (Lipinski definition) is 4. The summed E-state index contributed by atoms with van der Waals surface area (Å²) in [4.78, 5) is 18.6. The first kappa shape index (κ1) is 13.0. The van der Waals surface area contributed by atoms with Gasteiger partial charge in [-0.05, 0) is 19.8 Å². The van der Waals surface area contributed by atoms with E-state index in [4.69, 9.17) is 5.73 Å². The van der Waals surface area contributed by atoms with Crippen LogP contribution in [0.3, 0.4) is 0 Å². The molecule has 0 fully saturated rings. The Kier molecular flexibility index (Phi) is 3.91. The van der Waals surface area contributed by atoms with Crippen molar-refractivity contribution in [2.24, 2.45) is 5.92 Å². The number of carbonyl (C=O) groups is 1. The van der Waals surface area contributed by atoms with Gasteiger partial charge in [-0.2, -0.15) is 0 Å². The molecule has 0 spiro atoms. The maximum absolute atomic E-state index is 12.2. The molecular formula is C11H19N3OS. The minimum Gasteiger partial charge on any atom is -0.375 e. The Bertz CT molecular complexity index is 387. The fraction of sp³-hybridized carbons (Fsp3) is 0.636. The molecule has 0 aromatic carbocycles. The number of anilines is 1. The lowest BCUT2D eigenvalue weighted by Crippen LogP contribution is -2.38. The first-order chi connectivity index (χ1) is 7.34. The molecule has 0 aliphatic carbocycles. The van der Waals surface area contributed by atoms with Gasteiger partial charge < -0.3 is 10.6 Å². The summed E-state index contributed by atoms with van der Waals surface area (Å²) in [5.74, 6) is 0.437. The highest BCUT2D eigenvalue weighted by Crippen LogP contribution is 2.22. The van der Waals surface area contributed by atoms with Crippen LogP contribution in [0.5, 0.6) is 0 Å². The van der Waals surface area contributed by atoms with E-state index in [-0.39, 0.29) is 11.9 Å². The Balaban J connectivity index is 2.90. The average molecular weight is 241 g/mol. The molecule has 0 bridgehead atoms. The van der Waals surface area contributed by atoms with Gasteiger partial charge in [-0.25, -0.2) is 4.98 Å². The molecule has 90 valence electrons. The molecule has 16 heavy (non-hydrogen) atoms. The normalized spacial score (nSPS) is 12.9. The van der Waals surface area contributed by atoms with Gasteiger partial charge >= 0.3 is 0 Å². The van der Waals surface area contributed by atoms with Gasteiger partial charge in [0.1, 0.15) is 4.88 Å². The van der Waals surface area contributed by atoms with Gasteiger partial charge in [0, 0.05) is 13.1 Å². The van der Waals surface area contributed by atoms with Crippen LogP contribution in [0.25, 0.3) is 0 Å². The van der Waals surface area contributed by atoms with Gasteiger partial charge in [0.25, 0.3) is 5.91 Å². The molecule has 0 saturated carbocycles. The number of aryl methyl sites for hydroxylation is 1. The van der Waals surface area contributed by atoms with E-state index < -0.39 is 0 Å². The predicted octanol–water partition coefficient (Wildman–Crippen LogP) is 2.15. The zero-order chi connectivity index (χ0) is 12.5. The largest absolute Gasteiger partial charge is 0.375 e. The standard InChI is InChI=1S/C11H19N3OS/c1-6(2)8(4)14(5)10(15)9-7(3)13-11(12)16-9/h6,8H,1-5H3,(H2,12,13). The number of thiazole rings is 1. The van der Waals surface area contributed by atoms with Crippen molar-refractivity contribution >= 4 is 22.4 Å². The van der Waals surface area contributed by atoms with Crippen LogP contribution >= 0.6 is 11.3 Å². The molecule has 0 aliphatic heterocycles. The molecule has 1 aromatic rings. The molecule has 1 amide bonds. The van der Waals surface area contributed by atoms with E-state index in [1.807, 2.05) is 20.9 Å². The van der Waals surface area contributed by atoms with Crippen molar-refractivity contribution in [2.75, 3.05) is 12.8 Å². The van der Waals surface area contributed by atoms with Crippen LogP contribution in [0.1, 0.15) is 36.1 Å². The summed E-state index contributed by atoms with van der Waals surface area (Å²) in [5, 5.41) is 0.450. The second-order valence-electron chi connectivity index (χ2n) is 4.37. The van der Waals surface area contributed by atoms with Crippen molar-refractivity contribution in [3.8, 4) is 0 Å². The summed E-state index contributed by atoms with van der Waals surface area (Å²) in [6.45, 7) is 8.06. The number of nitrogen functional groups attached to an aromatic ring is 1. The molecule has 4 nitrogen and oxygen atoms in total. The maximum Gasteiger partial charge on any atom is 0.265 e. The van der Waals surface area contributed by atoms with Crippen LogP contribution in [0.2, 0.25) is 0 Å². The summed E-state index contributed by atoms with van der Waals surface area (Å²) < 4.78 is 0. The molecule has 0 saturated heterocycles. The van der Waals surface area contributed by atoms with Gasteiger partial charge in [-0.1, -0.05) is 25.2 Å². The molecule has 0 radical (unpaired) electrons. The van der Waals surface area contributed by atoms with Crippen molar-refractivity contribution in [1.82, 2.24) is 9.88 Å². The lowest BCUT2D eigenvalue weighted by Gasteiger charge is -2.27. The zero-order valence-electron chi connectivity index (χ0n) is 10.4. The topological polar surface area (TPSA) is 59.2 Å². The molecule has 1 atom stereocenters. The van der Waals surface area contributed by atoms with Gasteiger partial charge in [0.2, 0.25) is 0 Å². The van der Waals surface area contributed by atoms with Crippen LogP contribution in [0.15, 0.2) is 0 Å². The first-order valence-electron chi connectivity index (χ1n) is 5.34. The summed E-state index contributed by atoms with van der Waals surface area (Å²) in [7, 11) is 1.82. The van der Waals surface area contributed by atoms with E-state index >= 15 is 0 Å². The Morgan fingerprint density at radius 1 is 1.44 bits per heavy atom. The maximum atomic E-state index is 12.2. The highest BCUT2D eigenvalue weighted by molar-refractivity contribution is 7.17. The van der Waals surface area contributed by atoms with E-state index in [2.05, 4.69) is 18.8 Å². The SMILES string of the molecule is Cc1nc(N)sc1C(=O)N(C)C(C)C(C)C. The predicted molar refractivity (Wildman–Crippen MR) is 67.7 cm³/mol. The van der Waals surface area contributed by atoms with Gasteiger partial charge in [-0.15, -0.1) is 0 Å². The Morgan fingerprint density at radius 2 is 2.00 bits per heavy atom. The highest BCUT2D eigenvalue weighted by atomic mass is 32.1. The second kappa shape index (κ2) is 4.82. The Labute approximate surface area is 100 Å². The highest BCUT2D eigenvalue weighted by Gasteiger charge is 2.23. The minimum atomic E-state index is 0.00731. The lowest BCUT2D eigenvalue weighted by molar-refractivity contribution is 0.0711. The number of carbonyl (C=O) groups excluding carboxylic acids is 1. The van der Waals surface area contributed by atoms with Crippen LogP contribution in [-0.2, 0) is 0 Å². The molecule has 1 aromatic heterocycles. The Morgan fingerprint density at radius 3 is 2.38 bits per heavy atom. The average Bonchev–Trinajstić information content (AvgIpc) is 2.54. The zero-order valence-corrected chi connectivity index (χ0v) is 11.3. The van der Waals surface area contributed by atoms with Crippen LogP contribution < -0.4 is 5.73 Å². The summed E-state index contributed by atoms with van der Waals surface area (Å²) >= 11 is 1.26. The molecule has 2 N–H and O–H groups in total. The van der Waals surface area contributed by atoms with E-state index in [1.54, 1.807) is 4.90 Å². The van der Waals surface area contributed by atoms with Crippen LogP contribution in [0.4, 0.5) is 5.13 Å². The number of nitrogens with two attached hydrogens (primary N) is 1. The number of aromatic nitrogens is 1. The number of rotatable bonds is 3. The summed E-state index contributed by atoms with van der Waals surface area (Å²) in [5.41, 5.74) is 6.31. The van der Waals surface area contributed by atoms with Crippen molar-refractivity contribution < 1.29 is 4.79 Å². The third-order valence-electron chi connectivity index (χ3n) is 2.90. The number of nitrogens with zero attached hydrogens (tertiary/aromatic N) is 2. The van der Waals surface area contributed by atoms with E-state index in [1.165, 1.54) is 11.3 Å². The quantitative estimate of drug-likeness (QED) is 0.882. The molecule has 5 heteroatoms.